The summed E-state index contributed by atoms with van der Waals surface area (Å²) in [6, 6.07) is 4.80. The summed E-state index contributed by atoms with van der Waals surface area (Å²) in [7, 11) is 1.23. The summed E-state index contributed by atoms with van der Waals surface area (Å²) >= 11 is 0. The number of rotatable bonds is 2. The van der Waals surface area contributed by atoms with Gasteiger partial charge in [0.25, 0.3) is 0 Å². The molecule has 0 amide bonds. The van der Waals surface area contributed by atoms with Gasteiger partial charge < -0.3 is 14.5 Å². The van der Waals surface area contributed by atoms with E-state index in [0.717, 1.165) is 0 Å². The molecular formula is C16H13NO5. The molecule has 0 aliphatic carbocycles. The summed E-state index contributed by atoms with van der Waals surface area (Å²) in [4.78, 5) is 37.9. The average molecular weight is 299 g/mol. The van der Waals surface area contributed by atoms with Gasteiger partial charge in [0.15, 0.2) is 0 Å². The number of carbonyl (C=O) groups excluding carboxylic acids is 2. The molecule has 0 atom stereocenters. The Labute approximate surface area is 126 Å². The SMILES string of the molecule is CCOC(=O)c1c[nH]c2ccc(C#CC(=O)OC)cc2c1=O. The van der Waals surface area contributed by atoms with Crippen molar-refractivity contribution >= 4 is 22.8 Å². The lowest BCUT2D eigenvalue weighted by Crippen LogP contribution is -2.18. The Bertz CT molecular complexity index is 854. The Morgan fingerprint density at radius 1 is 1.32 bits per heavy atom. The number of hydrogen-bond donors (Lipinski definition) is 1. The average Bonchev–Trinajstić information content (AvgIpc) is 2.53. The fraction of sp³-hybridized carbons (Fsp3) is 0.188. The third kappa shape index (κ3) is 3.15. The number of fused-ring (bicyclic) bond motifs is 1. The van der Waals surface area contributed by atoms with Crippen LogP contribution in [-0.4, -0.2) is 30.6 Å². The third-order valence-electron chi connectivity index (χ3n) is 2.87. The zero-order valence-electron chi connectivity index (χ0n) is 12.1. The minimum Gasteiger partial charge on any atom is -0.462 e. The normalized spacial score (nSPS) is 9.73. The molecule has 1 heterocycles. The van der Waals surface area contributed by atoms with Gasteiger partial charge in [-0.1, -0.05) is 5.92 Å². The Hall–Kier alpha value is -3.07. The van der Waals surface area contributed by atoms with E-state index < -0.39 is 17.4 Å². The summed E-state index contributed by atoms with van der Waals surface area (Å²) in [5.74, 6) is 3.51. The van der Waals surface area contributed by atoms with Gasteiger partial charge in [-0.05, 0) is 25.1 Å². The van der Waals surface area contributed by atoms with E-state index in [-0.39, 0.29) is 12.2 Å². The van der Waals surface area contributed by atoms with Crippen LogP contribution in [0.4, 0.5) is 0 Å². The van der Waals surface area contributed by atoms with Crippen molar-refractivity contribution in [3.63, 3.8) is 0 Å². The van der Waals surface area contributed by atoms with Crippen molar-refractivity contribution in [1.29, 1.82) is 0 Å². The van der Waals surface area contributed by atoms with Crippen LogP contribution in [0.25, 0.3) is 10.9 Å². The lowest BCUT2D eigenvalue weighted by molar-refractivity contribution is -0.133. The van der Waals surface area contributed by atoms with Crippen LogP contribution in [0, 0.1) is 11.8 Å². The van der Waals surface area contributed by atoms with E-state index in [1.54, 1.807) is 19.1 Å². The summed E-state index contributed by atoms with van der Waals surface area (Å²) in [5, 5.41) is 0.294. The van der Waals surface area contributed by atoms with Crippen LogP contribution < -0.4 is 5.43 Å². The number of aromatic amines is 1. The molecule has 2 aromatic rings. The second-order valence-electron chi connectivity index (χ2n) is 4.25. The van der Waals surface area contributed by atoms with Gasteiger partial charge in [-0.3, -0.25) is 4.79 Å². The summed E-state index contributed by atoms with van der Waals surface area (Å²) in [6.45, 7) is 1.84. The number of hydrogen-bond acceptors (Lipinski definition) is 5. The molecule has 0 bridgehead atoms. The third-order valence-corrected chi connectivity index (χ3v) is 2.87. The maximum Gasteiger partial charge on any atom is 0.384 e. The first-order chi connectivity index (χ1) is 10.6. The van der Waals surface area contributed by atoms with Crippen molar-refractivity contribution < 1.29 is 19.1 Å². The number of carbonyl (C=O) groups is 2. The maximum absolute atomic E-state index is 12.3. The highest BCUT2D eigenvalue weighted by molar-refractivity contribution is 5.94. The number of methoxy groups -OCH3 is 1. The van der Waals surface area contributed by atoms with E-state index in [1.165, 1.54) is 19.4 Å². The van der Waals surface area contributed by atoms with E-state index in [1.807, 2.05) is 0 Å². The van der Waals surface area contributed by atoms with Gasteiger partial charge in [0.05, 0.1) is 13.7 Å². The predicted octanol–water partition coefficient (Wildman–Crippen LogP) is 1.23. The van der Waals surface area contributed by atoms with Crippen molar-refractivity contribution in [3.8, 4) is 11.8 Å². The number of pyridine rings is 1. The fourth-order valence-corrected chi connectivity index (χ4v) is 1.83. The highest BCUT2D eigenvalue weighted by Gasteiger charge is 2.13. The standard InChI is InChI=1S/C16H13NO5/c1-3-22-16(20)12-9-17-13-6-4-10(5-7-14(18)21-2)8-11(13)15(12)19/h4,6,8-9H,3H2,1-2H3,(H,17,19). The van der Waals surface area contributed by atoms with Crippen LogP contribution in [0.1, 0.15) is 22.8 Å². The molecule has 0 unspecified atom stereocenters. The minimum absolute atomic E-state index is 0.0765. The second-order valence-corrected chi connectivity index (χ2v) is 4.25. The van der Waals surface area contributed by atoms with Crippen LogP contribution in [0.2, 0.25) is 0 Å². The zero-order valence-corrected chi connectivity index (χ0v) is 12.1. The first kappa shape index (κ1) is 15.3. The zero-order chi connectivity index (χ0) is 16.1. The van der Waals surface area contributed by atoms with Crippen molar-refractivity contribution in [2.24, 2.45) is 0 Å². The number of ether oxygens (including phenoxy) is 2. The van der Waals surface area contributed by atoms with Crippen molar-refractivity contribution in [2.75, 3.05) is 13.7 Å². The van der Waals surface area contributed by atoms with E-state index in [9.17, 15) is 14.4 Å². The number of aromatic nitrogens is 1. The van der Waals surface area contributed by atoms with Gasteiger partial charge in [0.2, 0.25) is 5.43 Å². The number of H-pyrrole nitrogens is 1. The molecule has 0 aliphatic heterocycles. The van der Waals surface area contributed by atoms with Gasteiger partial charge in [-0.2, -0.15) is 0 Å². The van der Waals surface area contributed by atoms with Crippen LogP contribution in [0.3, 0.4) is 0 Å². The smallest absolute Gasteiger partial charge is 0.384 e. The number of benzene rings is 1. The van der Waals surface area contributed by atoms with Crippen LogP contribution >= 0.6 is 0 Å². The highest BCUT2D eigenvalue weighted by Crippen LogP contribution is 2.11. The number of nitrogens with one attached hydrogen (secondary N) is 1. The molecule has 6 nitrogen and oxygen atoms in total. The molecule has 0 fully saturated rings. The second kappa shape index (κ2) is 6.59. The molecular weight excluding hydrogens is 286 g/mol. The first-order valence-corrected chi connectivity index (χ1v) is 6.49. The Morgan fingerprint density at radius 3 is 2.77 bits per heavy atom. The van der Waals surface area contributed by atoms with Gasteiger partial charge in [-0.25, -0.2) is 9.59 Å². The lowest BCUT2D eigenvalue weighted by Gasteiger charge is -2.03. The summed E-state index contributed by atoms with van der Waals surface area (Å²) in [6.07, 6.45) is 1.32. The maximum atomic E-state index is 12.3. The molecule has 6 heteroatoms. The molecule has 1 aromatic carbocycles. The number of esters is 2. The van der Waals surface area contributed by atoms with E-state index in [0.29, 0.717) is 16.5 Å². The largest absolute Gasteiger partial charge is 0.462 e. The monoisotopic (exact) mass is 299 g/mol. The quantitative estimate of drug-likeness (QED) is 0.666. The summed E-state index contributed by atoms with van der Waals surface area (Å²) < 4.78 is 9.25. The molecule has 0 spiro atoms. The van der Waals surface area contributed by atoms with Gasteiger partial charge in [0, 0.05) is 28.6 Å². The van der Waals surface area contributed by atoms with Crippen LogP contribution in [0.5, 0.6) is 0 Å². The molecule has 1 aromatic heterocycles. The van der Waals surface area contributed by atoms with E-state index >= 15 is 0 Å². The molecule has 0 radical (unpaired) electrons. The molecule has 0 saturated carbocycles. The van der Waals surface area contributed by atoms with Crippen LogP contribution in [-0.2, 0) is 14.3 Å². The van der Waals surface area contributed by atoms with Gasteiger partial charge in [-0.15, -0.1) is 0 Å². The van der Waals surface area contributed by atoms with Crippen molar-refractivity contribution in [1.82, 2.24) is 4.98 Å². The minimum atomic E-state index is -0.684. The van der Waals surface area contributed by atoms with Gasteiger partial charge in [0.1, 0.15) is 5.56 Å². The van der Waals surface area contributed by atoms with E-state index in [2.05, 4.69) is 21.6 Å². The lowest BCUT2D eigenvalue weighted by atomic mass is 10.1. The Kier molecular flexibility index (Phi) is 4.59. The van der Waals surface area contributed by atoms with Crippen molar-refractivity contribution in [2.45, 2.75) is 6.92 Å². The predicted molar refractivity (Wildman–Crippen MR) is 79.4 cm³/mol. The molecule has 22 heavy (non-hydrogen) atoms. The van der Waals surface area contributed by atoms with Gasteiger partial charge >= 0.3 is 11.9 Å². The highest BCUT2D eigenvalue weighted by atomic mass is 16.5. The topological polar surface area (TPSA) is 85.5 Å². The molecule has 0 aliphatic rings. The van der Waals surface area contributed by atoms with Crippen molar-refractivity contribution in [3.05, 3.63) is 45.7 Å². The Morgan fingerprint density at radius 2 is 2.09 bits per heavy atom. The van der Waals surface area contributed by atoms with E-state index in [4.69, 9.17) is 4.74 Å². The molecule has 112 valence electrons. The van der Waals surface area contributed by atoms with Crippen LogP contribution in [0.15, 0.2) is 29.2 Å². The molecule has 0 saturated heterocycles. The first-order valence-electron chi connectivity index (χ1n) is 6.49. The Balaban J connectivity index is 2.52. The molecule has 1 N–H and O–H groups in total. The fourth-order valence-electron chi connectivity index (χ4n) is 1.83. The summed E-state index contributed by atoms with van der Waals surface area (Å²) in [5.41, 5.74) is 0.493. The molecule has 2 rings (SSSR count).